The van der Waals surface area contributed by atoms with E-state index in [1.807, 2.05) is 0 Å². The fraction of sp³-hybridized carbons (Fsp3) is 0.417. The molecule has 1 N–H and O–H groups in total. The number of nitrogens with one attached hydrogen (secondary N) is 1. The monoisotopic (exact) mass is 289 g/mol. The van der Waals surface area contributed by atoms with Gasteiger partial charge in [-0.2, -0.15) is 0 Å². The summed E-state index contributed by atoms with van der Waals surface area (Å²) in [5.41, 5.74) is -1.05. The molecule has 0 aromatic heterocycles. The van der Waals surface area contributed by atoms with Crippen LogP contribution in [0.2, 0.25) is 0 Å². The van der Waals surface area contributed by atoms with Gasteiger partial charge in [0.15, 0.2) is 9.84 Å². The van der Waals surface area contributed by atoms with Gasteiger partial charge >= 0.3 is 0 Å². The van der Waals surface area contributed by atoms with Crippen LogP contribution in [0, 0.1) is 11.6 Å². The summed E-state index contributed by atoms with van der Waals surface area (Å²) in [6, 6.07) is 2.48. The smallest absolute Gasteiger partial charge is 0.251 e. The van der Waals surface area contributed by atoms with Gasteiger partial charge in [-0.15, -0.1) is 0 Å². The number of amides is 1. The van der Waals surface area contributed by atoms with Crippen molar-refractivity contribution in [2.75, 3.05) is 11.5 Å². The van der Waals surface area contributed by atoms with Crippen LogP contribution in [-0.4, -0.2) is 31.4 Å². The van der Waals surface area contributed by atoms with Crippen LogP contribution >= 0.6 is 0 Å². The first kappa shape index (κ1) is 13.9. The van der Waals surface area contributed by atoms with Crippen molar-refractivity contribution in [3.8, 4) is 0 Å². The Balaban J connectivity index is 2.18. The lowest BCUT2D eigenvalue weighted by Gasteiger charge is -2.23. The molecule has 0 spiro atoms. The van der Waals surface area contributed by atoms with Gasteiger partial charge in [0.2, 0.25) is 0 Å². The molecular formula is C12H13F2NO3S. The molecule has 1 fully saturated rings. The van der Waals surface area contributed by atoms with Crippen LogP contribution in [0.25, 0.3) is 0 Å². The van der Waals surface area contributed by atoms with Gasteiger partial charge in [0.25, 0.3) is 5.91 Å². The number of hydrogen-bond acceptors (Lipinski definition) is 3. The molecule has 0 aliphatic carbocycles. The Morgan fingerprint density at radius 3 is 2.32 bits per heavy atom. The van der Waals surface area contributed by atoms with E-state index in [0.717, 1.165) is 12.1 Å². The van der Waals surface area contributed by atoms with Crippen molar-refractivity contribution in [2.45, 2.75) is 18.9 Å². The fourth-order valence-electron chi connectivity index (χ4n) is 2.14. The number of sulfone groups is 1. The largest absolute Gasteiger partial charge is 0.346 e. The van der Waals surface area contributed by atoms with Crippen LogP contribution in [0.1, 0.15) is 23.7 Å². The molecular weight excluding hydrogens is 276 g/mol. The molecule has 0 bridgehead atoms. The second-order valence-electron chi connectivity index (χ2n) is 5.01. The maximum Gasteiger partial charge on any atom is 0.251 e. The van der Waals surface area contributed by atoms with Crippen molar-refractivity contribution in [3.63, 3.8) is 0 Å². The van der Waals surface area contributed by atoms with Gasteiger partial charge in [-0.05, 0) is 25.5 Å². The third-order valence-electron chi connectivity index (χ3n) is 3.04. The van der Waals surface area contributed by atoms with Crippen LogP contribution in [0.5, 0.6) is 0 Å². The third-order valence-corrected chi connectivity index (χ3v) is 4.95. The topological polar surface area (TPSA) is 63.2 Å². The molecule has 1 heterocycles. The molecule has 1 atom stereocenters. The van der Waals surface area contributed by atoms with Gasteiger partial charge < -0.3 is 5.32 Å². The molecule has 1 saturated heterocycles. The van der Waals surface area contributed by atoms with Crippen LogP contribution < -0.4 is 5.32 Å². The van der Waals surface area contributed by atoms with Gasteiger partial charge in [0.1, 0.15) is 11.6 Å². The Hall–Kier alpha value is -1.50. The predicted octanol–water partition coefficient (Wildman–Crippen LogP) is 1.27. The minimum Gasteiger partial charge on any atom is -0.346 e. The fourth-order valence-corrected chi connectivity index (χ4v) is 4.23. The summed E-state index contributed by atoms with van der Waals surface area (Å²) in [5, 5.41) is 2.53. The van der Waals surface area contributed by atoms with E-state index >= 15 is 0 Å². The molecule has 0 saturated carbocycles. The molecule has 4 nitrogen and oxygen atoms in total. The first-order valence-electron chi connectivity index (χ1n) is 5.68. The second-order valence-corrected chi connectivity index (χ2v) is 7.20. The zero-order valence-corrected chi connectivity index (χ0v) is 11.1. The van der Waals surface area contributed by atoms with Crippen molar-refractivity contribution in [1.82, 2.24) is 5.32 Å². The predicted molar refractivity (Wildman–Crippen MR) is 65.5 cm³/mol. The van der Waals surface area contributed by atoms with Crippen LogP contribution in [-0.2, 0) is 9.84 Å². The lowest BCUT2D eigenvalue weighted by Crippen LogP contribution is -2.46. The van der Waals surface area contributed by atoms with Gasteiger partial charge in [-0.25, -0.2) is 17.2 Å². The van der Waals surface area contributed by atoms with Gasteiger partial charge in [-0.3, -0.25) is 4.79 Å². The minimum absolute atomic E-state index is 0.00128. The summed E-state index contributed by atoms with van der Waals surface area (Å²) in [4.78, 5) is 11.9. The SMILES string of the molecule is C[C@@]1(NC(=O)c2cc(F)cc(F)c2)CCS(=O)(=O)C1. The summed E-state index contributed by atoms with van der Waals surface area (Å²) < 4.78 is 48.8. The quantitative estimate of drug-likeness (QED) is 0.892. The zero-order valence-electron chi connectivity index (χ0n) is 10.2. The van der Waals surface area contributed by atoms with E-state index in [1.54, 1.807) is 6.92 Å². The highest BCUT2D eigenvalue weighted by molar-refractivity contribution is 7.91. The van der Waals surface area contributed by atoms with Crippen LogP contribution in [0.4, 0.5) is 8.78 Å². The maximum absolute atomic E-state index is 13.0. The molecule has 2 rings (SSSR count). The number of benzene rings is 1. The average molecular weight is 289 g/mol. The van der Waals surface area contributed by atoms with Crippen LogP contribution in [0.15, 0.2) is 18.2 Å². The molecule has 1 aromatic carbocycles. The molecule has 1 aromatic rings. The third kappa shape index (κ3) is 3.28. The highest BCUT2D eigenvalue weighted by Crippen LogP contribution is 2.23. The maximum atomic E-state index is 13.0. The molecule has 19 heavy (non-hydrogen) atoms. The molecule has 7 heteroatoms. The van der Waals surface area contributed by atoms with Gasteiger partial charge in [-0.1, -0.05) is 0 Å². The summed E-state index contributed by atoms with van der Waals surface area (Å²) in [6.45, 7) is 1.60. The Bertz CT molecular complexity index is 610. The van der Waals surface area contributed by atoms with E-state index in [2.05, 4.69) is 5.32 Å². The van der Waals surface area contributed by atoms with Gasteiger partial charge in [0, 0.05) is 11.6 Å². The standard InChI is InChI=1S/C12H13F2NO3S/c1-12(2-3-19(17,18)7-12)15-11(16)8-4-9(13)6-10(14)5-8/h4-6H,2-3,7H2,1H3,(H,15,16)/t12-/m1/s1. The number of rotatable bonds is 2. The first-order valence-corrected chi connectivity index (χ1v) is 7.50. The zero-order chi connectivity index (χ0) is 14.3. The summed E-state index contributed by atoms with van der Waals surface area (Å²) in [5.74, 6) is -2.55. The van der Waals surface area contributed by atoms with Crippen molar-refractivity contribution in [3.05, 3.63) is 35.4 Å². The Morgan fingerprint density at radius 1 is 1.26 bits per heavy atom. The number of carbonyl (C=O) groups excluding carboxylic acids is 1. The molecule has 0 radical (unpaired) electrons. The second kappa shape index (κ2) is 4.56. The van der Waals surface area contributed by atoms with E-state index in [0.29, 0.717) is 12.5 Å². The molecule has 104 valence electrons. The van der Waals surface area contributed by atoms with E-state index in [1.165, 1.54) is 0 Å². The summed E-state index contributed by atoms with van der Waals surface area (Å²) in [6.07, 6.45) is 0.291. The number of carbonyl (C=O) groups is 1. The molecule has 1 amide bonds. The minimum atomic E-state index is -3.16. The molecule has 0 unspecified atom stereocenters. The highest BCUT2D eigenvalue weighted by atomic mass is 32.2. The average Bonchev–Trinajstić information content (AvgIpc) is 2.51. The van der Waals surface area contributed by atoms with Crippen molar-refractivity contribution < 1.29 is 22.0 Å². The summed E-state index contributed by atoms with van der Waals surface area (Å²) >= 11 is 0. The first-order chi connectivity index (χ1) is 8.69. The Labute approximate surface area is 109 Å². The number of halogens is 2. The highest BCUT2D eigenvalue weighted by Gasteiger charge is 2.39. The van der Waals surface area contributed by atoms with Gasteiger partial charge in [0.05, 0.1) is 17.0 Å². The van der Waals surface area contributed by atoms with E-state index < -0.39 is 32.9 Å². The van der Waals surface area contributed by atoms with Crippen LogP contribution in [0.3, 0.4) is 0 Å². The molecule has 1 aliphatic heterocycles. The number of hydrogen-bond donors (Lipinski definition) is 1. The van der Waals surface area contributed by atoms with E-state index in [-0.39, 0.29) is 17.1 Å². The van der Waals surface area contributed by atoms with Crippen molar-refractivity contribution >= 4 is 15.7 Å². The Morgan fingerprint density at radius 2 is 1.84 bits per heavy atom. The normalized spacial score (nSPS) is 25.2. The summed E-state index contributed by atoms with van der Waals surface area (Å²) in [7, 11) is -3.16. The Kier molecular flexibility index (Phi) is 3.34. The lowest BCUT2D eigenvalue weighted by atomic mass is 10.0. The van der Waals surface area contributed by atoms with E-state index in [9.17, 15) is 22.0 Å². The van der Waals surface area contributed by atoms with Crippen molar-refractivity contribution in [1.29, 1.82) is 0 Å². The lowest BCUT2D eigenvalue weighted by molar-refractivity contribution is 0.0914. The van der Waals surface area contributed by atoms with Crippen molar-refractivity contribution in [2.24, 2.45) is 0 Å². The van der Waals surface area contributed by atoms with E-state index in [4.69, 9.17) is 0 Å². The molecule has 1 aliphatic rings.